The van der Waals surface area contributed by atoms with Crippen molar-refractivity contribution in [2.45, 2.75) is 6.92 Å². The molecule has 1 aromatic carbocycles. The van der Waals surface area contributed by atoms with Crippen LogP contribution in [0.4, 0.5) is 0 Å². The minimum absolute atomic E-state index is 0.136. The molecular weight excluding hydrogens is 278 g/mol. The van der Waals surface area contributed by atoms with E-state index in [1.165, 1.54) is 6.08 Å². The van der Waals surface area contributed by atoms with Crippen molar-refractivity contribution in [1.29, 1.82) is 0 Å². The van der Waals surface area contributed by atoms with Crippen molar-refractivity contribution in [1.82, 2.24) is 4.72 Å². The molecule has 0 atom stereocenters. The first-order valence-electron chi connectivity index (χ1n) is 6.03. The molecule has 0 amide bonds. The maximum Gasteiger partial charge on any atom is 0.321 e. The van der Waals surface area contributed by atoms with E-state index < -0.39 is 16.0 Å². The number of allylic oxidation sites excluding steroid dienone is 1. The molecule has 6 heteroatoms. The van der Waals surface area contributed by atoms with Gasteiger partial charge in [-0.05, 0) is 18.6 Å². The van der Waals surface area contributed by atoms with Crippen molar-refractivity contribution in [3.63, 3.8) is 0 Å². The van der Waals surface area contributed by atoms with Crippen molar-refractivity contribution >= 4 is 22.1 Å². The zero-order valence-corrected chi connectivity index (χ0v) is 12.0. The number of hydrogen-bond acceptors (Lipinski definition) is 4. The number of esters is 1. The van der Waals surface area contributed by atoms with Crippen LogP contribution in [-0.2, 0) is 19.6 Å². The minimum atomic E-state index is -3.65. The topological polar surface area (TPSA) is 72.5 Å². The SMILES string of the molecule is C/C=C/COC(=O)CNS(=O)(=O)/C=C/c1ccccc1. The molecule has 1 N–H and O–H groups in total. The molecule has 0 aromatic heterocycles. The molecule has 0 aliphatic heterocycles. The van der Waals surface area contributed by atoms with E-state index in [2.05, 4.69) is 4.72 Å². The van der Waals surface area contributed by atoms with Crippen LogP contribution in [0.25, 0.3) is 6.08 Å². The average molecular weight is 295 g/mol. The Bertz CT molecular complexity index is 576. The van der Waals surface area contributed by atoms with Crippen molar-refractivity contribution in [2.75, 3.05) is 13.2 Å². The van der Waals surface area contributed by atoms with E-state index in [4.69, 9.17) is 4.74 Å². The number of nitrogens with one attached hydrogen (secondary N) is 1. The summed E-state index contributed by atoms with van der Waals surface area (Å²) in [6, 6.07) is 9.00. The number of rotatable bonds is 7. The van der Waals surface area contributed by atoms with Gasteiger partial charge in [-0.2, -0.15) is 0 Å². The lowest BCUT2D eigenvalue weighted by atomic mass is 10.2. The van der Waals surface area contributed by atoms with Gasteiger partial charge >= 0.3 is 5.97 Å². The van der Waals surface area contributed by atoms with Crippen LogP contribution in [0, 0.1) is 0 Å². The fourth-order valence-corrected chi connectivity index (χ4v) is 1.98. The molecule has 0 radical (unpaired) electrons. The highest BCUT2D eigenvalue weighted by Gasteiger charge is 2.09. The van der Waals surface area contributed by atoms with Gasteiger partial charge < -0.3 is 4.74 Å². The summed E-state index contributed by atoms with van der Waals surface area (Å²) in [6.07, 6.45) is 4.84. The van der Waals surface area contributed by atoms with Gasteiger partial charge in [-0.15, -0.1) is 0 Å². The maximum atomic E-state index is 11.6. The number of carbonyl (C=O) groups is 1. The van der Waals surface area contributed by atoms with Crippen LogP contribution in [0.15, 0.2) is 47.9 Å². The van der Waals surface area contributed by atoms with E-state index in [1.807, 2.05) is 6.07 Å². The fraction of sp³-hybridized carbons (Fsp3) is 0.214. The van der Waals surface area contributed by atoms with Crippen molar-refractivity contribution in [2.24, 2.45) is 0 Å². The fourth-order valence-electron chi connectivity index (χ4n) is 1.23. The van der Waals surface area contributed by atoms with Crippen LogP contribution in [-0.4, -0.2) is 27.5 Å². The Balaban J connectivity index is 2.46. The third-order valence-electron chi connectivity index (χ3n) is 2.23. The van der Waals surface area contributed by atoms with Crippen molar-refractivity contribution < 1.29 is 17.9 Å². The number of hydrogen-bond donors (Lipinski definition) is 1. The third kappa shape index (κ3) is 6.86. The van der Waals surface area contributed by atoms with Gasteiger partial charge in [0.1, 0.15) is 13.2 Å². The van der Waals surface area contributed by atoms with Crippen molar-refractivity contribution in [3.8, 4) is 0 Å². The second-order valence-electron chi connectivity index (χ2n) is 3.83. The smallest absolute Gasteiger partial charge is 0.321 e. The first-order valence-corrected chi connectivity index (χ1v) is 7.58. The molecule has 0 fully saturated rings. The van der Waals surface area contributed by atoms with E-state index in [0.717, 1.165) is 11.0 Å². The van der Waals surface area contributed by atoms with Gasteiger partial charge in [-0.1, -0.05) is 42.5 Å². The first-order chi connectivity index (χ1) is 9.53. The quantitative estimate of drug-likeness (QED) is 0.614. The van der Waals surface area contributed by atoms with E-state index in [0.29, 0.717) is 0 Å². The Morgan fingerprint density at radius 3 is 2.65 bits per heavy atom. The molecule has 0 unspecified atom stereocenters. The highest BCUT2D eigenvalue weighted by Crippen LogP contribution is 2.02. The molecule has 0 aliphatic rings. The predicted octanol–water partition coefficient (Wildman–Crippen LogP) is 1.70. The molecule has 0 spiro atoms. The summed E-state index contributed by atoms with van der Waals surface area (Å²) in [5.74, 6) is -0.625. The molecule has 0 saturated heterocycles. The van der Waals surface area contributed by atoms with Gasteiger partial charge in [-0.25, -0.2) is 13.1 Å². The summed E-state index contributed by atoms with van der Waals surface area (Å²) in [4.78, 5) is 11.2. The van der Waals surface area contributed by atoms with Gasteiger partial charge in [0.25, 0.3) is 0 Å². The monoisotopic (exact) mass is 295 g/mol. The Morgan fingerprint density at radius 1 is 1.30 bits per heavy atom. The van der Waals surface area contributed by atoms with E-state index in [9.17, 15) is 13.2 Å². The number of ether oxygens (including phenoxy) is 1. The zero-order valence-electron chi connectivity index (χ0n) is 11.2. The Labute approximate surface area is 119 Å². The van der Waals surface area contributed by atoms with Crippen LogP contribution in [0.3, 0.4) is 0 Å². The summed E-state index contributed by atoms with van der Waals surface area (Å²) in [6.45, 7) is 1.54. The molecular formula is C14H17NO4S. The third-order valence-corrected chi connectivity index (χ3v) is 3.27. The highest BCUT2D eigenvalue weighted by molar-refractivity contribution is 7.92. The summed E-state index contributed by atoms with van der Waals surface area (Å²) < 4.78 is 30.1. The Hall–Kier alpha value is -1.92. The van der Waals surface area contributed by atoms with Gasteiger partial charge in [0.15, 0.2) is 0 Å². The molecule has 0 bridgehead atoms. The summed E-state index contributed by atoms with van der Waals surface area (Å²) in [5.41, 5.74) is 0.758. The van der Waals surface area contributed by atoms with E-state index in [-0.39, 0.29) is 13.2 Å². The van der Waals surface area contributed by atoms with Gasteiger partial charge in [-0.3, -0.25) is 4.79 Å². The highest BCUT2D eigenvalue weighted by atomic mass is 32.2. The normalized spacial score (nSPS) is 12.1. The van der Waals surface area contributed by atoms with E-state index >= 15 is 0 Å². The van der Waals surface area contributed by atoms with Crippen LogP contribution in [0.2, 0.25) is 0 Å². The first kappa shape index (κ1) is 16.1. The summed E-state index contributed by atoms with van der Waals surface area (Å²) in [5, 5.41) is 1.02. The molecule has 1 aromatic rings. The molecule has 5 nitrogen and oxygen atoms in total. The van der Waals surface area contributed by atoms with Crippen LogP contribution in [0.1, 0.15) is 12.5 Å². The van der Waals surface area contributed by atoms with E-state index in [1.54, 1.807) is 43.3 Å². The summed E-state index contributed by atoms with van der Waals surface area (Å²) in [7, 11) is -3.65. The Morgan fingerprint density at radius 2 is 2.00 bits per heavy atom. The average Bonchev–Trinajstić information content (AvgIpc) is 2.45. The molecule has 1 rings (SSSR count). The lowest BCUT2D eigenvalue weighted by molar-refractivity contribution is -0.140. The van der Waals surface area contributed by atoms with Gasteiger partial charge in [0.2, 0.25) is 10.0 Å². The maximum absolute atomic E-state index is 11.6. The summed E-state index contributed by atoms with van der Waals surface area (Å²) >= 11 is 0. The van der Waals surface area contributed by atoms with Crippen LogP contribution >= 0.6 is 0 Å². The van der Waals surface area contributed by atoms with Gasteiger partial charge in [0.05, 0.1) is 0 Å². The zero-order chi connectivity index (χ0) is 14.8. The molecule has 0 aliphatic carbocycles. The van der Waals surface area contributed by atoms with Gasteiger partial charge in [0, 0.05) is 5.41 Å². The molecule has 0 saturated carbocycles. The predicted molar refractivity (Wildman–Crippen MR) is 78.2 cm³/mol. The molecule has 108 valence electrons. The van der Waals surface area contributed by atoms with Crippen LogP contribution < -0.4 is 4.72 Å². The number of carbonyl (C=O) groups excluding carboxylic acids is 1. The second-order valence-corrected chi connectivity index (χ2v) is 5.48. The number of sulfonamides is 1. The number of benzene rings is 1. The standard InChI is InChI=1S/C14H17NO4S/c1-2-3-10-19-14(16)12-15-20(17,18)11-9-13-7-5-4-6-8-13/h2-9,11,15H,10,12H2,1H3/b3-2+,11-9+. The Kier molecular flexibility index (Phi) is 6.69. The second kappa shape index (κ2) is 8.29. The van der Waals surface area contributed by atoms with Crippen molar-refractivity contribution in [3.05, 3.63) is 53.5 Å². The lowest BCUT2D eigenvalue weighted by Crippen LogP contribution is -2.29. The van der Waals surface area contributed by atoms with Crippen LogP contribution in [0.5, 0.6) is 0 Å². The molecule has 0 heterocycles. The lowest BCUT2D eigenvalue weighted by Gasteiger charge is -2.03. The molecule has 20 heavy (non-hydrogen) atoms. The minimum Gasteiger partial charge on any atom is -0.460 e. The largest absolute Gasteiger partial charge is 0.460 e.